The van der Waals surface area contributed by atoms with Gasteiger partial charge in [-0.05, 0) is 18.2 Å². The molecule has 12 heteroatoms. The number of nitrogens with zero attached hydrogens (tertiary/aromatic N) is 2. The molecule has 2 aromatic carbocycles. The van der Waals surface area contributed by atoms with Gasteiger partial charge in [0.05, 0.1) is 16.8 Å². The Labute approximate surface area is 198 Å². The van der Waals surface area contributed by atoms with Crippen LogP contribution in [-0.2, 0) is 6.18 Å². The Morgan fingerprint density at radius 1 is 0.944 bits per heavy atom. The first-order valence-corrected chi connectivity index (χ1v) is 10.2. The summed E-state index contributed by atoms with van der Waals surface area (Å²) in [5.41, 5.74) is -4.92. The van der Waals surface area contributed by atoms with E-state index in [1.54, 1.807) is 18.2 Å². The lowest BCUT2D eigenvalue weighted by molar-refractivity contribution is -0.145. The number of fused-ring (bicyclic) bond motifs is 1. The Kier molecular flexibility index (Phi) is 6.21. The molecular formula is C24H15F6N3O3. The van der Waals surface area contributed by atoms with Gasteiger partial charge in [0.25, 0.3) is 5.56 Å². The van der Waals surface area contributed by atoms with Gasteiger partial charge in [-0.1, -0.05) is 42.5 Å². The molecule has 4 rings (SSSR count). The van der Waals surface area contributed by atoms with Crippen LogP contribution in [0.3, 0.4) is 0 Å². The Balaban J connectivity index is 2.03. The summed E-state index contributed by atoms with van der Waals surface area (Å²) in [4.78, 5) is 28.4. The maximum atomic E-state index is 14.3. The van der Waals surface area contributed by atoms with Crippen LogP contribution < -0.4 is 10.9 Å². The summed E-state index contributed by atoms with van der Waals surface area (Å²) in [6, 6.07) is 10.9. The lowest BCUT2D eigenvalue weighted by atomic mass is 10.0. The number of benzene rings is 2. The van der Waals surface area contributed by atoms with Crippen molar-refractivity contribution in [3.05, 3.63) is 100.0 Å². The Bertz CT molecular complexity index is 1500. The van der Waals surface area contributed by atoms with E-state index in [0.717, 1.165) is 18.2 Å². The monoisotopic (exact) mass is 507 g/mol. The number of alkyl halides is 6. The normalized spacial score (nSPS) is 12.9. The van der Waals surface area contributed by atoms with Crippen LogP contribution in [0.2, 0.25) is 0 Å². The summed E-state index contributed by atoms with van der Waals surface area (Å²) in [5, 5.41) is 11.4. The van der Waals surface area contributed by atoms with Crippen LogP contribution in [-0.4, -0.2) is 26.6 Å². The largest absolute Gasteiger partial charge is 0.478 e. The lowest BCUT2D eigenvalue weighted by Crippen LogP contribution is -2.31. The third-order valence-corrected chi connectivity index (χ3v) is 5.28. The minimum absolute atomic E-state index is 0.0477. The maximum absolute atomic E-state index is 14.3. The minimum Gasteiger partial charge on any atom is -0.478 e. The molecule has 0 unspecified atom stereocenters. The average Bonchev–Trinajstić information content (AvgIpc) is 2.81. The summed E-state index contributed by atoms with van der Waals surface area (Å²) in [6.45, 7) is 0. The summed E-state index contributed by atoms with van der Waals surface area (Å²) in [6.07, 6.45) is -9.92. The number of carbonyl (C=O) groups is 1. The van der Waals surface area contributed by atoms with E-state index in [1.807, 2.05) is 5.32 Å². The first kappa shape index (κ1) is 24.8. The number of pyridine rings is 1. The van der Waals surface area contributed by atoms with E-state index in [0.29, 0.717) is 16.2 Å². The van der Waals surface area contributed by atoms with Crippen LogP contribution in [0.1, 0.15) is 27.5 Å². The molecule has 0 aliphatic rings. The van der Waals surface area contributed by atoms with Crippen molar-refractivity contribution in [3.8, 4) is 11.3 Å². The van der Waals surface area contributed by atoms with Gasteiger partial charge in [-0.25, -0.2) is 9.78 Å². The first-order chi connectivity index (χ1) is 16.9. The number of hydrogen-bond donors (Lipinski definition) is 2. The van der Waals surface area contributed by atoms with Crippen molar-refractivity contribution in [1.82, 2.24) is 9.38 Å². The summed E-state index contributed by atoms with van der Waals surface area (Å²) < 4.78 is 84.1. The second-order valence-corrected chi connectivity index (χ2v) is 7.69. The molecule has 0 saturated carbocycles. The molecule has 0 bridgehead atoms. The highest BCUT2D eigenvalue weighted by molar-refractivity contribution is 5.94. The summed E-state index contributed by atoms with van der Waals surface area (Å²) >= 11 is 0. The molecule has 6 nitrogen and oxygen atoms in total. The zero-order valence-electron chi connectivity index (χ0n) is 17.9. The molecule has 0 aliphatic carbocycles. The third-order valence-electron chi connectivity index (χ3n) is 5.28. The fourth-order valence-electron chi connectivity index (χ4n) is 3.64. The van der Waals surface area contributed by atoms with Gasteiger partial charge < -0.3 is 10.4 Å². The van der Waals surface area contributed by atoms with Gasteiger partial charge in [-0.2, -0.15) is 26.3 Å². The van der Waals surface area contributed by atoms with E-state index in [1.165, 1.54) is 24.3 Å². The quantitative estimate of drug-likeness (QED) is 0.334. The van der Waals surface area contributed by atoms with Crippen molar-refractivity contribution >= 4 is 17.3 Å². The number of hydrogen-bond acceptors (Lipinski definition) is 4. The Hall–Kier alpha value is -4.35. The molecule has 0 spiro atoms. The van der Waals surface area contributed by atoms with E-state index < -0.39 is 57.9 Å². The number of aromatic carboxylic acids is 1. The summed E-state index contributed by atoms with van der Waals surface area (Å²) in [5.74, 6) is -1.55. The molecule has 4 aromatic rings. The zero-order valence-corrected chi connectivity index (χ0v) is 17.9. The standard InChI is InChI=1S/C24H15F6N3O3/c25-23(26,27)14-10-16(20(24(28,29)30)31-17-9-5-4-8-15(17)22(35)36)21-32-18(11-19(34)33(21)12-14)13-6-2-1-3-7-13/h1-12,20,31H,(H,35,36)/t20-/m0/s1. The van der Waals surface area contributed by atoms with Gasteiger partial charge in [-0.15, -0.1) is 0 Å². The van der Waals surface area contributed by atoms with Crippen molar-refractivity contribution < 1.29 is 36.2 Å². The molecule has 0 fully saturated rings. The van der Waals surface area contributed by atoms with Crippen molar-refractivity contribution in [3.63, 3.8) is 0 Å². The van der Waals surface area contributed by atoms with Crippen molar-refractivity contribution in [2.75, 3.05) is 5.32 Å². The Morgan fingerprint density at radius 3 is 2.19 bits per heavy atom. The molecule has 186 valence electrons. The molecule has 0 aliphatic heterocycles. The van der Waals surface area contributed by atoms with Crippen LogP contribution in [0.4, 0.5) is 32.0 Å². The van der Waals surface area contributed by atoms with Crippen molar-refractivity contribution in [1.29, 1.82) is 0 Å². The van der Waals surface area contributed by atoms with Crippen molar-refractivity contribution in [2.24, 2.45) is 0 Å². The molecular weight excluding hydrogens is 492 g/mol. The lowest BCUT2D eigenvalue weighted by Gasteiger charge is -2.25. The molecule has 0 amide bonds. The van der Waals surface area contributed by atoms with E-state index in [2.05, 4.69) is 4.98 Å². The number of para-hydroxylation sites is 1. The number of rotatable bonds is 5. The molecule has 36 heavy (non-hydrogen) atoms. The SMILES string of the molecule is O=C(O)c1ccccc1N[C@@H](c1cc(C(F)(F)F)cn2c(=O)cc(-c3ccccc3)nc12)C(F)(F)F. The molecule has 2 aromatic heterocycles. The van der Waals surface area contributed by atoms with Gasteiger partial charge in [0.1, 0.15) is 5.65 Å². The van der Waals surface area contributed by atoms with Crippen LogP contribution >= 0.6 is 0 Å². The predicted octanol–water partition coefficient (Wildman–Crippen LogP) is 5.79. The van der Waals surface area contributed by atoms with Crippen molar-refractivity contribution in [2.45, 2.75) is 18.4 Å². The van der Waals surface area contributed by atoms with Gasteiger partial charge in [0.2, 0.25) is 0 Å². The second kappa shape index (κ2) is 9.02. The van der Waals surface area contributed by atoms with Gasteiger partial charge in [-0.3, -0.25) is 9.20 Å². The van der Waals surface area contributed by atoms with Crippen LogP contribution in [0.25, 0.3) is 16.9 Å². The number of aromatic nitrogens is 2. The number of anilines is 1. The molecule has 0 saturated heterocycles. The average molecular weight is 507 g/mol. The first-order valence-electron chi connectivity index (χ1n) is 10.2. The molecule has 2 N–H and O–H groups in total. The predicted molar refractivity (Wildman–Crippen MR) is 118 cm³/mol. The molecule has 1 atom stereocenters. The maximum Gasteiger partial charge on any atom is 0.417 e. The van der Waals surface area contributed by atoms with Gasteiger partial charge in [0, 0.05) is 29.1 Å². The van der Waals surface area contributed by atoms with E-state index in [4.69, 9.17) is 0 Å². The Morgan fingerprint density at radius 2 is 1.58 bits per heavy atom. The third kappa shape index (κ3) is 4.88. The highest BCUT2D eigenvalue weighted by atomic mass is 19.4. The van der Waals surface area contributed by atoms with Gasteiger partial charge >= 0.3 is 18.3 Å². The fourth-order valence-corrected chi connectivity index (χ4v) is 3.64. The zero-order chi connectivity index (χ0) is 26.3. The number of carboxylic acids is 1. The number of carboxylic acid groups (broad SMARTS) is 1. The van der Waals surface area contributed by atoms with Crippen LogP contribution in [0.15, 0.2) is 77.7 Å². The number of nitrogens with one attached hydrogen (secondary N) is 1. The number of halogens is 6. The van der Waals surface area contributed by atoms with E-state index in [-0.39, 0.29) is 11.8 Å². The van der Waals surface area contributed by atoms with Crippen LogP contribution in [0.5, 0.6) is 0 Å². The molecule has 2 heterocycles. The minimum atomic E-state index is -5.21. The summed E-state index contributed by atoms with van der Waals surface area (Å²) in [7, 11) is 0. The van der Waals surface area contributed by atoms with E-state index >= 15 is 0 Å². The highest BCUT2D eigenvalue weighted by Gasteiger charge is 2.44. The van der Waals surface area contributed by atoms with E-state index in [9.17, 15) is 41.0 Å². The topological polar surface area (TPSA) is 83.7 Å². The highest BCUT2D eigenvalue weighted by Crippen LogP contribution is 2.40. The fraction of sp³-hybridized carbons (Fsp3) is 0.125. The van der Waals surface area contributed by atoms with Gasteiger partial charge in [0.15, 0.2) is 6.04 Å². The molecule has 0 radical (unpaired) electrons. The van der Waals surface area contributed by atoms with Crippen LogP contribution in [0, 0.1) is 0 Å². The smallest absolute Gasteiger partial charge is 0.417 e. The second-order valence-electron chi connectivity index (χ2n) is 7.69.